The number of carbonyl (C=O) groups excluding carboxylic acids is 1. The van der Waals surface area contributed by atoms with Crippen molar-refractivity contribution in [1.29, 1.82) is 0 Å². The number of hydrogen-bond donors (Lipinski definition) is 1. The molecule has 0 spiro atoms. The van der Waals surface area contributed by atoms with Crippen molar-refractivity contribution in [2.24, 2.45) is 13.0 Å². The van der Waals surface area contributed by atoms with E-state index in [-0.39, 0.29) is 36.2 Å². The zero-order valence-electron chi connectivity index (χ0n) is 16.2. The fourth-order valence-electron chi connectivity index (χ4n) is 4.54. The van der Waals surface area contributed by atoms with E-state index in [1.165, 1.54) is 12.0 Å². The summed E-state index contributed by atoms with van der Waals surface area (Å²) in [5.41, 5.74) is 2.34. The van der Waals surface area contributed by atoms with Crippen LogP contribution in [0.1, 0.15) is 48.8 Å². The number of aromatic nitrogens is 2. The summed E-state index contributed by atoms with van der Waals surface area (Å²) >= 11 is 6.08. The van der Waals surface area contributed by atoms with Crippen molar-refractivity contribution in [2.75, 3.05) is 19.6 Å². The molecule has 2 aromatic rings. The SMILES string of the molecule is Cl.Cn1cc([C@H]2CNC[C@@H]2C(=O)N2CCCCCC2c2ccc(Cl)cc2)cn1. The molecule has 7 heteroatoms. The lowest BCUT2D eigenvalue weighted by atomic mass is 9.88. The van der Waals surface area contributed by atoms with Crippen LogP contribution >= 0.6 is 24.0 Å². The topological polar surface area (TPSA) is 50.2 Å². The van der Waals surface area contributed by atoms with Gasteiger partial charge in [-0.05, 0) is 36.1 Å². The lowest BCUT2D eigenvalue weighted by Crippen LogP contribution is -2.41. The minimum Gasteiger partial charge on any atom is -0.335 e. The third kappa shape index (κ3) is 4.37. The highest BCUT2D eigenvalue weighted by Crippen LogP contribution is 2.36. The monoisotopic (exact) mass is 422 g/mol. The predicted octanol–water partition coefficient (Wildman–Crippen LogP) is 3.94. The van der Waals surface area contributed by atoms with Crippen molar-refractivity contribution in [3.63, 3.8) is 0 Å². The van der Waals surface area contributed by atoms with Crippen LogP contribution in [0.5, 0.6) is 0 Å². The molecule has 0 radical (unpaired) electrons. The predicted molar refractivity (Wildman–Crippen MR) is 114 cm³/mol. The van der Waals surface area contributed by atoms with Crippen LogP contribution in [0.4, 0.5) is 0 Å². The van der Waals surface area contributed by atoms with Gasteiger partial charge in [0.1, 0.15) is 0 Å². The average Bonchev–Trinajstić information content (AvgIpc) is 3.24. The zero-order chi connectivity index (χ0) is 18.8. The van der Waals surface area contributed by atoms with Crippen LogP contribution in [0.25, 0.3) is 0 Å². The van der Waals surface area contributed by atoms with Crippen molar-refractivity contribution in [1.82, 2.24) is 20.0 Å². The first kappa shape index (κ1) is 21.2. The molecular formula is C21H28Cl2N4O. The molecule has 0 saturated carbocycles. The van der Waals surface area contributed by atoms with Crippen LogP contribution in [-0.4, -0.2) is 40.2 Å². The van der Waals surface area contributed by atoms with Crippen molar-refractivity contribution < 1.29 is 4.79 Å². The molecule has 3 heterocycles. The molecule has 3 atom stereocenters. The van der Waals surface area contributed by atoms with Crippen LogP contribution in [0.3, 0.4) is 0 Å². The van der Waals surface area contributed by atoms with E-state index in [2.05, 4.69) is 27.4 Å². The normalized spacial score (nSPS) is 25.2. The van der Waals surface area contributed by atoms with Gasteiger partial charge in [-0.15, -0.1) is 12.4 Å². The molecule has 1 aromatic carbocycles. The van der Waals surface area contributed by atoms with Crippen LogP contribution < -0.4 is 5.32 Å². The highest BCUT2D eigenvalue weighted by atomic mass is 35.5. The summed E-state index contributed by atoms with van der Waals surface area (Å²) in [4.78, 5) is 15.8. The fraction of sp³-hybridized carbons (Fsp3) is 0.524. The minimum absolute atomic E-state index is 0. The van der Waals surface area contributed by atoms with Gasteiger partial charge in [0, 0.05) is 43.8 Å². The Balaban J connectivity index is 0.00000225. The number of aryl methyl sites for hydroxylation is 1. The van der Waals surface area contributed by atoms with E-state index in [9.17, 15) is 4.79 Å². The maximum atomic E-state index is 13.6. The van der Waals surface area contributed by atoms with Gasteiger partial charge in [-0.3, -0.25) is 9.48 Å². The van der Waals surface area contributed by atoms with Crippen molar-refractivity contribution in [2.45, 2.75) is 37.6 Å². The van der Waals surface area contributed by atoms with Gasteiger partial charge in [-0.2, -0.15) is 5.10 Å². The Kier molecular flexibility index (Phi) is 7.02. The van der Waals surface area contributed by atoms with Gasteiger partial charge in [0.25, 0.3) is 0 Å². The first-order valence-corrected chi connectivity index (χ1v) is 10.3. The van der Waals surface area contributed by atoms with Crippen molar-refractivity contribution in [3.05, 3.63) is 52.8 Å². The molecule has 1 N–H and O–H groups in total. The number of nitrogens with zero attached hydrogens (tertiary/aromatic N) is 3. The molecule has 0 aliphatic carbocycles. The highest BCUT2D eigenvalue weighted by molar-refractivity contribution is 6.30. The van der Waals surface area contributed by atoms with Gasteiger partial charge in [0.05, 0.1) is 18.2 Å². The Labute approximate surface area is 177 Å². The summed E-state index contributed by atoms with van der Waals surface area (Å²) in [6.07, 6.45) is 8.38. The molecule has 1 amide bonds. The van der Waals surface area contributed by atoms with E-state index in [1.54, 1.807) is 0 Å². The number of rotatable bonds is 3. The molecule has 2 aliphatic heterocycles. The van der Waals surface area contributed by atoms with Crippen molar-refractivity contribution >= 4 is 29.9 Å². The standard InChI is InChI=1S/C21H27ClN4O.ClH/c1-25-14-16(11-24-25)18-12-23-13-19(18)21(27)26-10-4-2-3-5-20(26)15-6-8-17(22)9-7-15;/h6-9,11,14,18-20,23H,2-5,10,12-13H2,1H3;1H/t18-,19+,20?;/m1./s1. The number of halogens is 2. The Morgan fingerprint density at radius 3 is 2.64 bits per heavy atom. The first-order chi connectivity index (χ1) is 13.1. The molecule has 2 saturated heterocycles. The number of amides is 1. The summed E-state index contributed by atoms with van der Waals surface area (Å²) in [6.45, 7) is 2.41. The molecular weight excluding hydrogens is 395 g/mol. The number of nitrogens with one attached hydrogen (secondary N) is 1. The maximum Gasteiger partial charge on any atom is 0.228 e. The van der Waals surface area contributed by atoms with Gasteiger partial charge in [0.15, 0.2) is 0 Å². The molecule has 152 valence electrons. The second kappa shape index (κ2) is 9.29. The molecule has 1 unspecified atom stereocenters. The Morgan fingerprint density at radius 1 is 1.14 bits per heavy atom. The van der Waals surface area contributed by atoms with E-state index < -0.39 is 0 Å². The highest BCUT2D eigenvalue weighted by Gasteiger charge is 2.39. The Bertz CT molecular complexity index is 792. The summed E-state index contributed by atoms with van der Waals surface area (Å²) in [5, 5.41) is 8.47. The number of benzene rings is 1. The van der Waals surface area contributed by atoms with E-state index >= 15 is 0 Å². The smallest absolute Gasteiger partial charge is 0.228 e. The van der Waals surface area contributed by atoms with Gasteiger partial charge in [-0.1, -0.05) is 36.6 Å². The Hall–Kier alpha value is -1.56. The van der Waals surface area contributed by atoms with Crippen LogP contribution in [-0.2, 0) is 11.8 Å². The summed E-state index contributed by atoms with van der Waals surface area (Å²) in [6, 6.07) is 8.15. The number of likely N-dealkylation sites (tertiary alicyclic amines) is 1. The van der Waals surface area contributed by atoms with Gasteiger partial charge in [-0.25, -0.2) is 0 Å². The van der Waals surface area contributed by atoms with E-state index in [0.29, 0.717) is 0 Å². The fourth-order valence-corrected chi connectivity index (χ4v) is 4.66. The molecule has 5 nitrogen and oxygen atoms in total. The lowest BCUT2D eigenvalue weighted by molar-refractivity contribution is -0.137. The molecule has 0 bridgehead atoms. The van der Waals surface area contributed by atoms with Crippen LogP contribution in [0.2, 0.25) is 5.02 Å². The summed E-state index contributed by atoms with van der Waals surface area (Å²) in [7, 11) is 1.92. The van der Waals surface area contributed by atoms with E-state index in [1.807, 2.05) is 36.3 Å². The van der Waals surface area contributed by atoms with Crippen LogP contribution in [0, 0.1) is 5.92 Å². The molecule has 2 fully saturated rings. The molecule has 4 rings (SSSR count). The van der Waals surface area contributed by atoms with Gasteiger partial charge in [0.2, 0.25) is 5.91 Å². The van der Waals surface area contributed by atoms with E-state index in [0.717, 1.165) is 49.5 Å². The second-order valence-corrected chi connectivity index (χ2v) is 8.20. The third-order valence-corrected chi connectivity index (χ3v) is 6.23. The average molecular weight is 423 g/mol. The van der Waals surface area contributed by atoms with Crippen molar-refractivity contribution in [3.8, 4) is 0 Å². The summed E-state index contributed by atoms with van der Waals surface area (Å²) in [5.74, 6) is 0.443. The number of carbonyl (C=O) groups is 1. The van der Waals surface area contributed by atoms with Gasteiger partial charge >= 0.3 is 0 Å². The minimum atomic E-state index is -0.0258. The molecule has 28 heavy (non-hydrogen) atoms. The Morgan fingerprint density at radius 2 is 1.93 bits per heavy atom. The third-order valence-electron chi connectivity index (χ3n) is 5.98. The molecule has 2 aliphatic rings. The van der Waals surface area contributed by atoms with Crippen LogP contribution in [0.15, 0.2) is 36.7 Å². The quantitative estimate of drug-likeness (QED) is 0.814. The zero-order valence-corrected chi connectivity index (χ0v) is 17.8. The lowest BCUT2D eigenvalue weighted by Gasteiger charge is -2.34. The summed E-state index contributed by atoms with van der Waals surface area (Å²) < 4.78 is 1.82. The molecule has 1 aromatic heterocycles. The first-order valence-electron chi connectivity index (χ1n) is 9.88. The maximum absolute atomic E-state index is 13.6. The second-order valence-electron chi connectivity index (χ2n) is 7.77. The van der Waals surface area contributed by atoms with E-state index in [4.69, 9.17) is 11.6 Å². The largest absolute Gasteiger partial charge is 0.335 e. The van der Waals surface area contributed by atoms with Gasteiger partial charge < -0.3 is 10.2 Å². The number of hydrogen-bond acceptors (Lipinski definition) is 3.